The number of piperidine rings is 1. The van der Waals surface area contributed by atoms with Gasteiger partial charge < -0.3 is 4.74 Å². The SMILES string of the molecule is COc1ccc(S(=O)(=O)n2nc(C)c(S(=O)(=O)N3CCCC(C)C3)c2C)cc1C. The molecule has 0 bridgehead atoms. The number of aromatic nitrogens is 2. The maximum absolute atomic E-state index is 13.3. The van der Waals surface area contributed by atoms with Crippen LogP contribution in [0.3, 0.4) is 0 Å². The smallest absolute Gasteiger partial charge is 0.283 e. The second-order valence-electron chi connectivity index (χ2n) is 7.59. The highest BCUT2D eigenvalue weighted by Crippen LogP contribution is 2.30. The van der Waals surface area contributed by atoms with Crippen molar-refractivity contribution in [1.82, 2.24) is 13.5 Å². The van der Waals surface area contributed by atoms with Crippen LogP contribution in [0.4, 0.5) is 0 Å². The van der Waals surface area contributed by atoms with Crippen LogP contribution in [0.15, 0.2) is 28.0 Å². The topological polar surface area (TPSA) is 98.6 Å². The molecule has 1 fully saturated rings. The lowest BCUT2D eigenvalue weighted by Gasteiger charge is -2.30. The molecule has 1 aliphatic heterocycles. The van der Waals surface area contributed by atoms with Gasteiger partial charge in [-0.3, -0.25) is 0 Å². The third-order valence-corrected chi connectivity index (χ3v) is 9.07. The Bertz CT molecular complexity index is 1140. The van der Waals surface area contributed by atoms with E-state index >= 15 is 0 Å². The van der Waals surface area contributed by atoms with Gasteiger partial charge in [0.2, 0.25) is 10.0 Å². The van der Waals surface area contributed by atoms with Crippen molar-refractivity contribution in [2.45, 2.75) is 50.3 Å². The summed E-state index contributed by atoms with van der Waals surface area (Å²) in [5.41, 5.74) is 0.925. The maximum atomic E-state index is 13.3. The Morgan fingerprint density at radius 1 is 1.10 bits per heavy atom. The second kappa shape index (κ2) is 7.73. The number of rotatable bonds is 5. The van der Waals surface area contributed by atoms with E-state index in [9.17, 15) is 16.8 Å². The fourth-order valence-corrected chi connectivity index (χ4v) is 7.27. The summed E-state index contributed by atoms with van der Waals surface area (Å²) in [7, 11) is -6.37. The molecule has 0 amide bonds. The van der Waals surface area contributed by atoms with Crippen molar-refractivity contribution in [2.75, 3.05) is 20.2 Å². The first-order valence-electron chi connectivity index (χ1n) is 9.46. The number of benzene rings is 1. The molecule has 29 heavy (non-hydrogen) atoms. The zero-order valence-corrected chi connectivity index (χ0v) is 19.0. The maximum Gasteiger partial charge on any atom is 0.283 e. The van der Waals surface area contributed by atoms with Gasteiger partial charge in [-0.15, -0.1) is 0 Å². The molecule has 0 spiro atoms. The van der Waals surface area contributed by atoms with Gasteiger partial charge in [0, 0.05) is 13.1 Å². The zero-order chi connectivity index (χ0) is 21.6. The van der Waals surface area contributed by atoms with E-state index in [1.54, 1.807) is 13.0 Å². The van der Waals surface area contributed by atoms with Gasteiger partial charge in [-0.2, -0.15) is 21.9 Å². The second-order valence-corrected chi connectivity index (χ2v) is 11.2. The molecule has 2 heterocycles. The van der Waals surface area contributed by atoms with Crippen LogP contribution in [-0.2, 0) is 20.0 Å². The van der Waals surface area contributed by atoms with Crippen LogP contribution in [0.25, 0.3) is 0 Å². The third kappa shape index (κ3) is 3.80. The summed E-state index contributed by atoms with van der Waals surface area (Å²) in [6.07, 6.45) is 1.77. The summed E-state index contributed by atoms with van der Waals surface area (Å²) in [4.78, 5) is -0.00245. The van der Waals surface area contributed by atoms with E-state index in [0.717, 1.165) is 16.9 Å². The summed E-state index contributed by atoms with van der Waals surface area (Å²) < 4.78 is 60.3. The van der Waals surface area contributed by atoms with E-state index in [1.807, 2.05) is 6.92 Å². The monoisotopic (exact) mass is 441 g/mol. The van der Waals surface area contributed by atoms with Gasteiger partial charge in [-0.1, -0.05) is 6.92 Å². The van der Waals surface area contributed by atoms with Crippen LogP contribution in [-0.4, -0.2) is 50.5 Å². The number of methoxy groups -OCH3 is 1. The van der Waals surface area contributed by atoms with Crippen molar-refractivity contribution >= 4 is 20.0 Å². The van der Waals surface area contributed by atoms with E-state index < -0.39 is 20.0 Å². The number of aryl methyl sites for hydroxylation is 2. The molecule has 0 radical (unpaired) electrons. The third-order valence-electron chi connectivity index (χ3n) is 5.29. The quantitative estimate of drug-likeness (QED) is 0.707. The fourth-order valence-electron chi connectivity index (χ4n) is 3.82. The molecule has 1 aliphatic rings. The minimum Gasteiger partial charge on any atom is -0.496 e. The van der Waals surface area contributed by atoms with Crippen molar-refractivity contribution in [3.8, 4) is 5.75 Å². The van der Waals surface area contributed by atoms with Gasteiger partial charge in [0.25, 0.3) is 10.0 Å². The molecule has 8 nitrogen and oxygen atoms in total. The molecule has 0 saturated carbocycles. The molecule has 1 atom stereocenters. The Balaban J connectivity index is 2.08. The van der Waals surface area contributed by atoms with E-state index in [-0.39, 0.29) is 27.1 Å². The summed E-state index contributed by atoms with van der Waals surface area (Å²) in [6, 6.07) is 4.49. The molecule has 2 aromatic rings. The lowest BCUT2D eigenvalue weighted by Crippen LogP contribution is -2.39. The predicted octanol–water partition coefficient (Wildman–Crippen LogP) is 2.47. The Hall–Kier alpha value is -1.91. The number of sulfonamides is 1. The Kier molecular flexibility index (Phi) is 5.81. The standard InChI is InChI=1S/C19H27N3O5S2/c1-13-7-6-10-21(12-13)29(25,26)19-15(3)20-22(16(19)4)28(23,24)17-8-9-18(27-5)14(2)11-17/h8-9,11,13H,6-7,10,12H2,1-5H3. The van der Waals surface area contributed by atoms with Crippen LogP contribution in [0.2, 0.25) is 0 Å². The van der Waals surface area contributed by atoms with Gasteiger partial charge in [0.05, 0.1) is 23.4 Å². The molecular formula is C19H27N3O5S2. The highest BCUT2D eigenvalue weighted by Gasteiger charge is 2.35. The van der Waals surface area contributed by atoms with Crippen LogP contribution in [0.5, 0.6) is 5.75 Å². The first-order chi connectivity index (χ1) is 13.5. The van der Waals surface area contributed by atoms with Crippen molar-refractivity contribution in [1.29, 1.82) is 0 Å². The van der Waals surface area contributed by atoms with Crippen molar-refractivity contribution < 1.29 is 21.6 Å². The number of ether oxygens (including phenoxy) is 1. The van der Waals surface area contributed by atoms with E-state index in [2.05, 4.69) is 5.10 Å². The van der Waals surface area contributed by atoms with Crippen molar-refractivity contribution in [2.24, 2.45) is 5.92 Å². The van der Waals surface area contributed by atoms with Gasteiger partial charge in [0.15, 0.2) is 0 Å². The lowest BCUT2D eigenvalue weighted by atomic mass is 10.0. The predicted molar refractivity (Wildman–Crippen MR) is 109 cm³/mol. The molecule has 10 heteroatoms. The van der Waals surface area contributed by atoms with Gasteiger partial charge >= 0.3 is 0 Å². The molecular weight excluding hydrogens is 414 g/mol. The molecule has 1 aromatic carbocycles. The molecule has 0 N–H and O–H groups in total. The molecule has 3 rings (SSSR count). The van der Waals surface area contributed by atoms with Gasteiger partial charge in [-0.05, 0) is 63.3 Å². The molecule has 1 saturated heterocycles. The minimum atomic E-state index is -4.05. The molecule has 0 aliphatic carbocycles. The van der Waals surface area contributed by atoms with Crippen LogP contribution >= 0.6 is 0 Å². The average molecular weight is 442 g/mol. The van der Waals surface area contributed by atoms with E-state index in [1.165, 1.54) is 37.4 Å². The average Bonchev–Trinajstić information content (AvgIpc) is 2.97. The first-order valence-corrected chi connectivity index (χ1v) is 12.3. The van der Waals surface area contributed by atoms with Gasteiger partial charge in [0.1, 0.15) is 10.6 Å². The number of nitrogens with zero attached hydrogens (tertiary/aromatic N) is 3. The highest BCUT2D eigenvalue weighted by atomic mass is 32.2. The van der Waals surface area contributed by atoms with Crippen LogP contribution < -0.4 is 4.74 Å². The summed E-state index contributed by atoms with van der Waals surface area (Å²) in [5, 5.41) is 4.10. The molecule has 1 aromatic heterocycles. The zero-order valence-electron chi connectivity index (χ0n) is 17.3. The Morgan fingerprint density at radius 2 is 1.79 bits per heavy atom. The summed E-state index contributed by atoms with van der Waals surface area (Å²) in [5.74, 6) is 0.833. The first kappa shape index (κ1) is 21.8. The lowest BCUT2D eigenvalue weighted by molar-refractivity contribution is 0.281. The van der Waals surface area contributed by atoms with Crippen LogP contribution in [0.1, 0.15) is 36.7 Å². The van der Waals surface area contributed by atoms with Crippen molar-refractivity contribution in [3.63, 3.8) is 0 Å². The Morgan fingerprint density at radius 3 is 2.38 bits per heavy atom. The fraction of sp³-hybridized carbons (Fsp3) is 0.526. The van der Waals surface area contributed by atoms with Crippen molar-refractivity contribution in [3.05, 3.63) is 35.2 Å². The van der Waals surface area contributed by atoms with E-state index in [4.69, 9.17) is 4.74 Å². The van der Waals surface area contributed by atoms with Gasteiger partial charge in [-0.25, -0.2) is 8.42 Å². The number of hydrogen-bond donors (Lipinski definition) is 0. The van der Waals surface area contributed by atoms with E-state index in [0.29, 0.717) is 24.4 Å². The summed E-state index contributed by atoms with van der Waals surface area (Å²) >= 11 is 0. The largest absolute Gasteiger partial charge is 0.496 e. The molecule has 1 unspecified atom stereocenters. The van der Waals surface area contributed by atoms with Crippen LogP contribution in [0, 0.1) is 26.7 Å². The highest BCUT2D eigenvalue weighted by molar-refractivity contribution is 7.90. The normalized spacial score (nSPS) is 18.7. The summed E-state index contributed by atoms with van der Waals surface area (Å²) in [6.45, 7) is 7.62. The number of hydrogen-bond acceptors (Lipinski definition) is 6. The molecule has 160 valence electrons. The Labute approximate surface area is 172 Å². The minimum absolute atomic E-state index is 0.0249.